The molecule has 9 nitrogen and oxygen atoms in total. The summed E-state index contributed by atoms with van der Waals surface area (Å²) < 4.78 is 107. The number of nitro benzene ring substituents is 1. The highest BCUT2D eigenvalue weighted by atomic mass is 19.4. The van der Waals surface area contributed by atoms with E-state index in [0.29, 0.717) is 23.6 Å². The molecule has 35 heavy (non-hydrogen) atoms. The van der Waals surface area contributed by atoms with Crippen molar-refractivity contribution in [2.75, 3.05) is 25.0 Å². The zero-order valence-corrected chi connectivity index (χ0v) is 17.2. The number of nitrogens with zero attached hydrogens (tertiary/aromatic N) is 3. The second-order valence-electron chi connectivity index (χ2n) is 6.75. The predicted molar refractivity (Wildman–Crippen MR) is 95.7 cm³/mol. The van der Waals surface area contributed by atoms with Crippen LogP contribution in [0.3, 0.4) is 0 Å². The second kappa shape index (κ2) is 10.8. The van der Waals surface area contributed by atoms with Crippen LogP contribution in [0.1, 0.15) is 6.42 Å². The average molecular weight is 527 g/mol. The Morgan fingerprint density at radius 3 is 1.77 bits per heavy atom. The van der Waals surface area contributed by atoms with Crippen LogP contribution in [0, 0.1) is 10.1 Å². The largest absolute Gasteiger partial charge is 0.491 e. The van der Waals surface area contributed by atoms with Crippen molar-refractivity contribution in [2.24, 2.45) is 0 Å². The first kappa shape index (κ1) is 29.4. The predicted octanol–water partition coefficient (Wildman–Crippen LogP) is 3.38. The van der Waals surface area contributed by atoms with Gasteiger partial charge < -0.3 is 14.5 Å². The Kier molecular flexibility index (Phi) is 9.05. The number of anilines is 1. The Morgan fingerprint density at radius 2 is 1.40 bits per heavy atom. The van der Waals surface area contributed by atoms with Crippen LogP contribution in [-0.2, 0) is 19.1 Å². The molecule has 2 rings (SSSR count). The number of rotatable bonds is 3. The lowest BCUT2D eigenvalue weighted by molar-refractivity contribution is -0.384. The van der Waals surface area contributed by atoms with Gasteiger partial charge in [0.15, 0.2) is 0 Å². The molecule has 0 unspecified atom stereocenters. The van der Waals surface area contributed by atoms with Gasteiger partial charge in [0.1, 0.15) is 0 Å². The Hall–Kier alpha value is -3.60. The number of amides is 1. The highest BCUT2D eigenvalue weighted by molar-refractivity contribution is 5.90. The third-order valence-electron chi connectivity index (χ3n) is 4.35. The maximum Gasteiger partial charge on any atom is 0.491 e. The first-order valence-electron chi connectivity index (χ1n) is 8.98. The van der Waals surface area contributed by atoms with E-state index in [4.69, 9.17) is 0 Å². The molecule has 0 bridgehead atoms. The van der Waals surface area contributed by atoms with Crippen molar-refractivity contribution in [1.29, 1.82) is 0 Å². The van der Waals surface area contributed by atoms with Crippen LogP contribution in [0.15, 0.2) is 24.3 Å². The summed E-state index contributed by atoms with van der Waals surface area (Å²) in [7, 11) is 1.14. The third-order valence-corrected chi connectivity index (χ3v) is 4.35. The molecule has 0 aromatic heterocycles. The zero-order valence-electron chi connectivity index (χ0n) is 17.2. The van der Waals surface area contributed by atoms with E-state index < -0.39 is 47.3 Å². The van der Waals surface area contributed by atoms with Gasteiger partial charge in [0, 0.05) is 38.0 Å². The highest BCUT2D eigenvalue weighted by Crippen LogP contribution is 2.27. The lowest BCUT2D eigenvalue weighted by atomic mass is 10.2. The van der Waals surface area contributed by atoms with E-state index in [1.165, 1.54) is 12.1 Å². The lowest BCUT2D eigenvalue weighted by Crippen LogP contribution is -2.45. The fraction of sp³-hybridized carbons (Fsp3) is 0.471. The number of halogens is 9. The van der Waals surface area contributed by atoms with Gasteiger partial charge in [-0.05, 0) is 18.6 Å². The van der Waals surface area contributed by atoms with Gasteiger partial charge in [-0.2, -0.15) is 39.5 Å². The zero-order chi connectivity index (χ0) is 27.4. The number of benzene rings is 1. The van der Waals surface area contributed by atoms with Crippen LogP contribution in [-0.4, -0.2) is 72.4 Å². The molecule has 0 radical (unpaired) electrons. The molecule has 1 saturated heterocycles. The molecule has 1 aromatic carbocycles. The maximum absolute atomic E-state index is 12.4. The van der Waals surface area contributed by atoms with Crippen LogP contribution in [0.25, 0.3) is 0 Å². The molecule has 1 heterocycles. The van der Waals surface area contributed by atoms with Crippen molar-refractivity contribution >= 4 is 29.2 Å². The first-order chi connectivity index (χ1) is 15.7. The molecule has 1 aromatic rings. The van der Waals surface area contributed by atoms with Gasteiger partial charge in [-0.25, -0.2) is 9.59 Å². The van der Waals surface area contributed by atoms with Gasteiger partial charge in [-0.3, -0.25) is 14.9 Å². The lowest BCUT2D eigenvalue weighted by Gasteiger charge is -2.26. The Morgan fingerprint density at radius 1 is 0.943 bits per heavy atom. The molecular formula is C17H14F9N3O6. The van der Waals surface area contributed by atoms with Crippen LogP contribution in [0.4, 0.5) is 50.9 Å². The standard InChI is InChI=1S/C13H14F3N3O3.C4F6O3/c1-17(12(20)13(14,15)16)11-6-7-18(8-11)9-2-4-10(5-3-9)19(21)22;5-3(6,7)1(11)13-2(12)4(8,9)10/h2-5,11H,6-8H2,1H3;/t11-;/m1./s1. The van der Waals surface area contributed by atoms with Gasteiger partial charge >= 0.3 is 36.4 Å². The average Bonchev–Trinajstić information content (AvgIpc) is 3.21. The first-order valence-corrected chi connectivity index (χ1v) is 8.98. The molecule has 0 saturated carbocycles. The minimum Gasteiger partial charge on any atom is -0.380 e. The molecule has 18 heteroatoms. The van der Waals surface area contributed by atoms with E-state index in [-0.39, 0.29) is 12.2 Å². The summed E-state index contributed by atoms with van der Waals surface area (Å²) in [5.41, 5.74) is 0.629. The summed E-state index contributed by atoms with van der Waals surface area (Å²) in [5, 5.41) is 10.6. The number of carbonyl (C=O) groups is 3. The Labute approximate surface area is 189 Å². The summed E-state index contributed by atoms with van der Waals surface area (Å²) in [6.45, 7) is 0.744. The van der Waals surface area contributed by atoms with E-state index in [1.807, 2.05) is 0 Å². The molecule has 0 aliphatic carbocycles. The van der Waals surface area contributed by atoms with E-state index in [1.54, 1.807) is 17.0 Å². The number of alkyl halides is 9. The fourth-order valence-corrected chi connectivity index (χ4v) is 2.64. The molecule has 1 fully saturated rings. The van der Waals surface area contributed by atoms with Crippen molar-refractivity contribution in [2.45, 2.75) is 31.0 Å². The number of nitro groups is 1. The number of likely N-dealkylation sites (N-methyl/N-ethyl adjacent to an activating group) is 1. The number of hydrogen-bond acceptors (Lipinski definition) is 7. The molecule has 1 atom stereocenters. The minimum absolute atomic E-state index is 0.0520. The molecule has 1 aliphatic rings. The van der Waals surface area contributed by atoms with Crippen LogP contribution in [0.5, 0.6) is 0 Å². The van der Waals surface area contributed by atoms with Crippen molar-refractivity contribution in [3.63, 3.8) is 0 Å². The van der Waals surface area contributed by atoms with Gasteiger partial charge in [0.2, 0.25) is 0 Å². The molecule has 196 valence electrons. The molecule has 0 N–H and O–H groups in total. The van der Waals surface area contributed by atoms with Crippen LogP contribution in [0.2, 0.25) is 0 Å². The second-order valence-corrected chi connectivity index (χ2v) is 6.75. The van der Waals surface area contributed by atoms with Gasteiger partial charge in [0.25, 0.3) is 5.69 Å². The summed E-state index contributed by atoms with van der Waals surface area (Å²) >= 11 is 0. The summed E-state index contributed by atoms with van der Waals surface area (Å²) in [4.78, 5) is 43.1. The monoisotopic (exact) mass is 527 g/mol. The number of hydrogen-bond donors (Lipinski definition) is 0. The summed E-state index contributed by atoms with van der Waals surface area (Å²) in [5.74, 6) is -8.26. The van der Waals surface area contributed by atoms with Gasteiger partial charge in [-0.1, -0.05) is 0 Å². The highest BCUT2D eigenvalue weighted by Gasteiger charge is 2.49. The molecular weight excluding hydrogens is 513 g/mol. The Bertz CT molecular complexity index is 921. The quantitative estimate of drug-likeness (QED) is 0.195. The summed E-state index contributed by atoms with van der Waals surface area (Å²) in [6, 6.07) is 5.24. The van der Waals surface area contributed by atoms with E-state index >= 15 is 0 Å². The topological polar surface area (TPSA) is 110 Å². The Balaban J connectivity index is 0.000000405. The number of ether oxygens (including phenoxy) is 1. The molecule has 0 spiro atoms. The third kappa shape index (κ3) is 8.60. The number of non-ortho nitro benzene ring substituents is 1. The van der Waals surface area contributed by atoms with Crippen LogP contribution < -0.4 is 4.90 Å². The molecule has 1 amide bonds. The summed E-state index contributed by atoms with van der Waals surface area (Å²) in [6.07, 6.45) is -15.7. The van der Waals surface area contributed by atoms with Crippen LogP contribution >= 0.6 is 0 Å². The van der Waals surface area contributed by atoms with Crippen molar-refractivity contribution in [3.8, 4) is 0 Å². The van der Waals surface area contributed by atoms with E-state index in [9.17, 15) is 64.0 Å². The molecule has 1 aliphatic heterocycles. The van der Waals surface area contributed by atoms with E-state index in [2.05, 4.69) is 4.74 Å². The van der Waals surface area contributed by atoms with Gasteiger partial charge in [-0.15, -0.1) is 0 Å². The smallest absolute Gasteiger partial charge is 0.380 e. The van der Waals surface area contributed by atoms with Crippen molar-refractivity contribution in [1.82, 2.24) is 4.90 Å². The van der Waals surface area contributed by atoms with Crippen molar-refractivity contribution < 1.29 is 63.6 Å². The minimum atomic E-state index is -5.62. The fourth-order valence-electron chi connectivity index (χ4n) is 2.64. The van der Waals surface area contributed by atoms with Gasteiger partial charge in [0.05, 0.1) is 11.0 Å². The van der Waals surface area contributed by atoms with E-state index in [0.717, 1.165) is 7.05 Å². The van der Waals surface area contributed by atoms with Crippen molar-refractivity contribution in [3.05, 3.63) is 34.4 Å². The number of carbonyl (C=O) groups excluding carboxylic acids is 3. The maximum atomic E-state index is 12.4. The number of esters is 2. The SMILES string of the molecule is CN(C(=O)C(F)(F)F)[C@@H]1CCN(c2ccc([N+](=O)[O-])cc2)C1.O=C(OC(=O)C(F)(F)F)C(F)(F)F. The normalized spacial score (nSPS) is 16.2.